The van der Waals surface area contributed by atoms with Crippen LogP contribution in [0.4, 0.5) is 0 Å². The molecule has 0 aliphatic heterocycles. The molecule has 0 aliphatic rings. The van der Waals surface area contributed by atoms with Gasteiger partial charge in [-0.05, 0) is 30.9 Å². The van der Waals surface area contributed by atoms with Crippen LogP contribution in [0.2, 0.25) is 0 Å². The monoisotopic (exact) mass is 233 g/mol. The van der Waals surface area contributed by atoms with E-state index in [0.29, 0.717) is 18.4 Å². The molecule has 17 heavy (non-hydrogen) atoms. The smallest absolute Gasteiger partial charge is 0.188 e. The van der Waals surface area contributed by atoms with Gasteiger partial charge >= 0.3 is 0 Å². The lowest BCUT2D eigenvalue weighted by molar-refractivity contribution is 0.622. The molecule has 0 aromatic heterocycles. The second kappa shape index (κ2) is 6.28. The lowest BCUT2D eigenvalue weighted by Gasteiger charge is -2.08. The zero-order chi connectivity index (χ0) is 12.8. The summed E-state index contributed by atoms with van der Waals surface area (Å²) in [6.45, 7) is 9.99. The summed E-state index contributed by atoms with van der Waals surface area (Å²) in [5, 5.41) is 3.11. The number of aryl methyl sites for hydroxylation is 2. The average Bonchev–Trinajstić information content (AvgIpc) is 2.25. The molecule has 94 valence electrons. The highest BCUT2D eigenvalue weighted by Gasteiger charge is 1.99. The summed E-state index contributed by atoms with van der Waals surface area (Å²) in [6, 6.07) is 6.39. The molecule has 0 radical (unpaired) electrons. The van der Waals surface area contributed by atoms with Crippen molar-refractivity contribution in [1.29, 1.82) is 0 Å². The van der Waals surface area contributed by atoms with Crippen LogP contribution in [0.1, 0.15) is 30.5 Å². The summed E-state index contributed by atoms with van der Waals surface area (Å²) >= 11 is 0. The third-order valence-corrected chi connectivity index (χ3v) is 2.61. The molecule has 0 saturated carbocycles. The summed E-state index contributed by atoms with van der Waals surface area (Å²) < 4.78 is 0. The lowest BCUT2D eigenvalue weighted by atomic mass is 10.1. The molecular weight excluding hydrogens is 210 g/mol. The van der Waals surface area contributed by atoms with Gasteiger partial charge in [-0.25, -0.2) is 4.99 Å². The van der Waals surface area contributed by atoms with Crippen molar-refractivity contribution < 1.29 is 0 Å². The van der Waals surface area contributed by atoms with E-state index in [1.54, 1.807) is 0 Å². The zero-order valence-corrected chi connectivity index (χ0v) is 11.2. The summed E-state index contributed by atoms with van der Waals surface area (Å²) in [7, 11) is 0. The van der Waals surface area contributed by atoms with Crippen molar-refractivity contribution in [3.8, 4) is 0 Å². The van der Waals surface area contributed by atoms with Crippen LogP contribution in [-0.2, 0) is 6.54 Å². The molecular formula is C14H23N3. The Bertz CT molecular complexity index is 394. The number of nitrogens with zero attached hydrogens (tertiary/aromatic N) is 1. The molecule has 1 rings (SSSR count). The van der Waals surface area contributed by atoms with E-state index in [1.165, 1.54) is 16.7 Å². The molecule has 3 heteroatoms. The van der Waals surface area contributed by atoms with Crippen molar-refractivity contribution in [2.45, 2.75) is 34.2 Å². The van der Waals surface area contributed by atoms with E-state index in [9.17, 15) is 0 Å². The second-order valence-corrected chi connectivity index (χ2v) is 4.91. The van der Waals surface area contributed by atoms with E-state index in [0.717, 1.165) is 6.54 Å². The third-order valence-electron chi connectivity index (χ3n) is 2.61. The van der Waals surface area contributed by atoms with Crippen molar-refractivity contribution in [2.24, 2.45) is 16.6 Å². The predicted molar refractivity (Wildman–Crippen MR) is 74.1 cm³/mol. The fourth-order valence-electron chi connectivity index (χ4n) is 1.56. The standard InChI is InChI=1S/C14H23N3/c1-10(2)8-16-14(15)17-9-13-6-5-11(3)7-12(13)4/h5-7,10H,8-9H2,1-4H3,(H3,15,16,17). The van der Waals surface area contributed by atoms with E-state index < -0.39 is 0 Å². The number of nitrogens with two attached hydrogens (primary N) is 1. The van der Waals surface area contributed by atoms with Gasteiger partial charge in [0.25, 0.3) is 0 Å². The largest absolute Gasteiger partial charge is 0.370 e. The van der Waals surface area contributed by atoms with Crippen LogP contribution in [0.15, 0.2) is 23.2 Å². The van der Waals surface area contributed by atoms with E-state index in [2.05, 4.69) is 56.2 Å². The first-order valence-electron chi connectivity index (χ1n) is 6.09. The third kappa shape index (κ3) is 4.89. The number of nitrogens with one attached hydrogen (secondary N) is 1. The van der Waals surface area contributed by atoms with Gasteiger partial charge in [0.05, 0.1) is 6.54 Å². The Morgan fingerprint density at radius 3 is 2.65 bits per heavy atom. The van der Waals surface area contributed by atoms with E-state index in [4.69, 9.17) is 5.73 Å². The summed E-state index contributed by atoms with van der Waals surface area (Å²) in [5.74, 6) is 1.10. The molecule has 0 fully saturated rings. The van der Waals surface area contributed by atoms with Crippen LogP contribution in [-0.4, -0.2) is 12.5 Å². The van der Waals surface area contributed by atoms with Gasteiger partial charge in [-0.15, -0.1) is 0 Å². The average molecular weight is 233 g/mol. The molecule has 0 heterocycles. The highest BCUT2D eigenvalue weighted by molar-refractivity contribution is 5.77. The minimum atomic E-state index is 0.527. The molecule has 0 amide bonds. The SMILES string of the molecule is Cc1ccc(CN=C(N)NCC(C)C)c(C)c1. The molecule has 0 aliphatic carbocycles. The highest BCUT2D eigenvalue weighted by Crippen LogP contribution is 2.11. The topological polar surface area (TPSA) is 50.4 Å². The Morgan fingerprint density at radius 1 is 1.35 bits per heavy atom. The molecule has 3 N–H and O–H groups in total. The molecule has 1 aromatic carbocycles. The minimum Gasteiger partial charge on any atom is -0.370 e. The van der Waals surface area contributed by atoms with Gasteiger partial charge in [0, 0.05) is 6.54 Å². The molecule has 0 bridgehead atoms. The lowest BCUT2D eigenvalue weighted by Crippen LogP contribution is -2.34. The predicted octanol–water partition coefficient (Wildman–Crippen LogP) is 2.36. The number of rotatable bonds is 4. The second-order valence-electron chi connectivity index (χ2n) is 4.91. The van der Waals surface area contributed by atoms with Crippen LogP contribution >= 0.6 is 0 Å². The van der Waals surface area contributed by atoms with Crippen LogP contribution in [0.25, 0.3) is 0 Å². The van der Waals surface area contributed by atoms with Gasteiger partial charge in [-0.1, -0.05) is 37.6 Å². The highest BCUT2D eigenvalue weighted by atomic mass is 15.1. The fraction of sp³-hybridized carbons (Fsp3) is 0.500. The normalized spacial score (nSPS) is 11.9. The van der Waals surface area contributed by atoms with Crippen LogP contribution < -0.4 is 11.1 Å². The molecule has 0 spiro atoms. The van der Waals surface area contributed by atoms with E-state index in [1.807, 2.05) is 0 Å². The quantitative estimate of drug-likeness (QED) is 0.619. The first-order chi connectivity index (χ1) is 7.99. The Hall–Kier alpha value is -1.51. The first-order valence-corrected chi connectivity index (χ1v) is 6.09. The first kappa shape index (κ1) is 13.6. The Labute approximate surface area is 104 Å². The van der Waals surface area contributed by atoms with Gasteiger partial charge in [-0.2, -0.15) is 0 Å². The van der Waals surface area contributed by atoms with Crippen molar-refractivity contribution in [2.75, 3.05) is 6.54 Å². The van der Waals surface area contributed by atoms with Crippen LogP contribution in [0.3, 0.4) is 0 Å². The molecule has 1 aromatic rings. The summed E-state index contributed by atoms with van der Waals surface area (Å²) in [4.78, 5) is 4.34. The minimum absolute atomic E-state index is 0.527. The van der Waals surface area contributed by atoms with Crippen molar-refractivity contribution in [3.63, 3.8) is 0 Å². The van der Waals surface area contributed by atoms with Gasteiger partial charge in [0.2, 0.25) is 0 Å². The van der Waals surface area contributed by atoms with Crippen molar-refractivity contribution in [1.82, 2.24) is 5.32 Å². The van der Waals surface area contributed by atoms with Crippen molar-refractivity contribution >= 4 is 5.96 Å². The Balaban J connectivity index is 2.56. The Kier molecular flexibility index (Phi) is 5.01. The number of benzene rings is 1. The van der Waals surface area contributed by atoms with Crippen LogP contribution in [0, 0.1) is 19.8 Å². The van der Waals surface area contributed by atoms with Gasteiger partial charge in [0.15, 0.2) is 5.96 Å². The van der Waals surface area contributed by atoms with E-state index in [-0.39, 0.29) is 0 Å². The van der Waals surface area contributed by atoms with Crippen LogP contribution in [0.5, 0.6) is 0 Å². The molecule has 0 unspecified atom stereocenters. The van der Waals surface area contributed by atoms with E-state index >= 15 is 0 Å². The molecule has 0 saturated heterocycles. The van der Waals surface area contributed by atoms with Gasteiger partial charge in [-0.3, -0.25) is 0 Å². The number of guanidine groups is 1. The number of aliphatic imine (C=N–C) groups is 1. The number of hydrogen-bond acceptors (Lipinski definition) is 1. The van der Waals surface area contributed by atoms with Crippen molar-refractivity contribution in [3.05, 3.63) is 34.9 Å². The maximum absolute atomic E-state index is 5.79. The maximum Gasteiger partial charge on any atom is 0.188 e. The Morgan fingerprint density at radius 2 is 2.06 bits per heavy atom. The maximum atomic E-state index is 5.79. The number of hydrogen-bond donors (Lipinski definition) is 2. The zero-order valence-electron chi connectivity index (χ0n) is 11.2. The molecule has 3 nitrogen and oxygen atoms in total. The van der Waals surface area contributed by atoms with Gasteiger partial charge < -0.3 is 11.1 Å². The summed E-state index contributed by atoms with van der Waals surface area (Å²) in [6.07, 6.45) is 0. The fourth-order valence-corrected chi connectivity index (χ4v) is 1.56. The summed E-state index contributed by atoms with van der Waals surface area (Å²) in [5.41, 5.74) is 9.56. The molecule has 0 atom stereocenters. The van der Waals surface area contributed by atoms with Gasteiger partial charge in [0.1, 0.15) is 0 Å².